The number of aromatic carboxylic acids is 1. The molecule has 0 atom stereocenters. The highest BCUT2D eigenvalue weighted by Crippen LogP contribution is 2.11. The van der Waals surface area contributed by atoms with E-state index in [-0.39, 0.29) is 12.2 Å². The van der Waals surface area contributed by atoms with Crippen molar-refractivity contribution < 1.29 is 19.7 Å². The number of benzene rings is 1. The number of carboxylic acid groups (broad SMARTS) is 1. The second-order valence-electron chi connectivity index (χ2n) is 3.98. The van der Waals surface area contributed by atoms with Gasteiger partial charge in [0.1, 0.15) is 18.0 Å². The number of ether oxygens (including phenoxy) is 1. The van der Waals surface area contributed by atoms with Gasteiger partial charge in [0.15, 0.2) is 0 Å². The topological polar surface area (TPSA) is 66.8 Å². The lowest BCUT2D eigenvalue weighted by atomic mass is 10.1. The summed E-state index contributed by atoms with van der Waals surface area (Å²) in [7, 11) is 0. The van der Waals surface area contributed by atoms with Crippen LogP contribution in [0.4, 0.5) is 0 Å². The van der Waals surface area contributed by atoms with Crippen molar-refractivity contribution in [2.45, 2.75) is 19.4 Å². The van der Waals surface area contributed by atoms with Crippen LogP contribution in [0.15, 0.2) is 24.3 Å². The fraction of sp³-hybridized carbons (Fsp3) is 0.308. The number of aliphatic hydroxyl groups is 1. The number of carboxylic acids is 1. The third kappa shape index (κ3) is 5.05. The van der Waals surface area contributed by atoms with Gasteiger partial charge in [-0.2, -0.15) is 0 Å². The Labute approximate surface area is 99.8 Å². The summed E-state index contributed by atoms with van der Waals surface area (Å²) in [4.78, 5) is 10.6. The smallest absolute Gasteiger partial charge is 0.335 e. The maximum absolute atomic E-state index is 10.6. The molecule has 4 nitrogen and oxygen atoms in total. The van der Waals surface area contributed by atoms with E-state index in [1.54, 1.807) is 26.0 Å². The summed E-state index contributed by atoms with van der Waals surface area (Å²) >= 11 is 0. The Bertz CT molecular complexity index is 443. The molecular weight excluding hydrogens is 220 g/mol. The molecule has 4 heteroatoms. The lowest BCUT2D eigenvalue weighted by Gasteiger charge is -2.06. The summed E-state index contributed by atoms with van der Waals surface area (Å²) in [5.41, 5.74) is -0.823. The first-order valence-electron chi connectivity index (χ1n) is 5.07. The zero-order chi connectivity index (χ0) is 12.9. The van der Waals surface area contributed by atoms with Crippen molar-refractivity contribution in [3.63, 3.8) is 0 Å². The number of hydrogen-bond donors (Lipinski definition) is 2. The Balaban J connectivity index is 2.53. The number of hydrogen-bond acceptors (Lipinski definition) is 3. The van der Waals surface area contributed by atoms with Crippen LogP contribution in [0, 0.1) is 11.8 Å². The average Bonchev–Trinajstić information content (AvgIpc) is 2.24. The summed E-state index contributed by atoms with van der Waals surface area (Å²) in [6, 6.07) is 6.05. The standard InChI is InChI=1S/C13H14O4/c1-13(2,16)8-3-9-17-11-6-4-10(5-7-11)12(14)15/h4-7,16H,9H2,1-2H3,(H,14,15). The minimum Gasteiger partial charge on any atom is -0.481 e. The van der Waals surface area contributed by atoms with E-state index in [0.717, 1.165) is 0 Å². The van der Waals surface area contributed by atoms with Crippen LogP contribution in [0.1, 0.15) is 24.2 Å². The van der Waals surface area contributed by atoms with Crippen molar-refractivity contribution in [3.05, 3.63) is 29.8 Å². The van der Waals surface area contributed by atoms with Gasteiger partial charge in [-0.15, -0.1) is 0 Å². The lowest BCUT2D eigenvalue weighted by molar-refractivity contribution is 0.0697. The van der Waals surface area contributed by atoms with Crippen LogP contribution < -0.4 is 4.74 Å². The SMILES string of the molecule is CC(C)(O)C#CCOc1ccc(C(=O)O)cc1. The van der Waals surface area contributed by atoms with Crippen molar-refractivity contribution in [3.8, 4) is 17.6 Å². The van der Waals surface area contributed by atoms with Crippen LogP contribution >= 0.6 is 0 Å². The molecule has 0 aliphatic rings. The Kier molecular flexibility index (Phi) is 4.13. The fourth-order valence-electron chi connectivity index (χ4n) is 1.07. The van der Waals surface area contributed by atoms with E-state index >= 15 is 0 Å². The van der Waals surface area contributed by atoms with Gasteiger partial charge >= 0.3 is 5.97 Å². The normalized spacial score (nSPS) is 10.3. The van der Waals surface area contributed by atoms with Gasteiger partial charge in [0.2, 0.25) is 0 Å². The van der Waals surface area contributed by atoms with Crippen molar-refractivity contribution in [2.24, 2.45) is 0 Å². The van der Waals surface area contributed by atoms with E-state index in [4.69, 9.17) is 9.84 Å². The highest BCUT2D eigenvalue weighted by molar-refractivity contribution is 5.87. The van der Waals surface area contributed by atoms with E-state index in [2.05, 4.69) is 11.8 Å². The minimum absolute atomic E-state index is 0.149. The van der Waals surface area contributed by atoms with Gasteiger partial charge in [-0.1, -0.05) is 11.8 Å². The molecule has 17 heavy (non-hydrogen) atoms. The third-order valence-electron chi connectivity index (χ3n) is 1.81. The second kappa shape index (κ2) is 5.37. The summed E-state index contributed by atoms with van der Waals surface area (Å²) in [6.45, 7) is 3.32. The summed E-state index contributed by atoms with van der Waals surface area (Å²) in [5, 5.41) is 18.0. The zero-order valence-corrected chi connectivity index (χ0v) is 9.73. The fourth-order valence-corrected chi connectivity index (χ4v) is 1.07. The van der Waals surface area contributed by atoms with Gasteiger partial charge in [0.25, 0.3) is 0 Å². The Morgan fingerprint density at radius 3 is 2.41 bits per heavy atom. The van der Waals surface area contributed by atoms with Crippen molar-refractivity contribution in [2.75, 3.05) is 6.61 Å². The maximum atomic E-state index is 10.6. The molecule has 90 valence electrons. The largest absolute Gasteiger partial charge is 0.481 e. The number of rotatable bonds is 3. The van der Waals surface area contributed by atoms with Gasteiger partial charge in [-0.25, -0.2) is 4.79 Å². The van der Waals surface area contributed by atoms with Crippen molar-refractivity contribution in [1.29, 1.82) is 0 Å². The summed E-state index contributed by atoms with van der Waals surface area (Å²) in [5.74, 6) is 4.85. The lowest BCUT2D eigenvalue weighted by Crippen LogP contribution is -2.15. The molecule has 1 aromatic rings. The van der Waals surface area contributed by atoms with E-state index in [1.165, 1.54) is 12.1 Å². The molecule has 0 aromatic heterocycles. The Hall–Kier alpha value is -1.99. The molecule has 1 rings (SSSR count). The van der Waals surface area contributed by atoms with E-state index in [0.29, 0.717) is 5.75 Å². The second-order valence-corrected chi connectivity index (χ2v) is 3.98. The van der Waals surface area contributed by atoms with Crippen LogP contribution in [0.25, 0.3) is 0 Å². The Morgan fingerprint density at radius 2 is 1.94 bits per heavy atom. The van der Waals surface area contributed by atoms with Crippen LogP contribution in [-0.4, -0.2) is 28.4 Å². The molecule has 1 aromatic carbocycles. The van der Waals surface area contributed by atoms with Gasteiger partial charge in [-0.05, 0) is 38.1 Å². The summed E-state index contributed by atoms with van der Waals surface area (Å²) < 4.78 is 5.26. The molecule has 0 heterocycles. The first kappa shape index (κ1) is 13.1. The molecular formula is C13H14O4. The molecule has 0 aliphatic heterocycles. The molecule has 0 radical (unpaired) electrons. The molecule has 0 saturated heterocycles. The van der Waals surface area contributed by atoms with Gasteiger partial charge < -0.3 is 14.9 Å². The zero-order valence-electron chi connectivity index (χ0n) is 9.73. The van der Waals surface area contributed by atoms with Crippen molar-refractivity contribution in [1.82, 2.24) is 0 Å². The molecule has 0 bridgehead atoms. The first-order valence-corrected chi connectivity index (χ1v) is 5.07. The van der Waals surface area contributed by atoms with Gasteiger partial charge in [-0.3, -0.25) is 0 Å². The third-order valence-corrected chi connectivity index (χ3v) is 1.81. The van der Waals surface area contributed by atoms with E-state index in [9.17, 15) is 9.90 Å². The monoisotopic (exact) mass is 234 g/mol. The molecule has 0 unspecified atom stereocenters. The van der Waals surface area contributed by atoms with Crippen molar-refractivity contribution >= 4 is 5.97 Å². The summed E-state index contributed by atoms with van der Waals surface area (Å²) in [6.07, 6.45) is 0. The predicted molar refractivity (Wildman–Crippen MR) is 63.0 cm³/mol. The van der Waals surface area contributed by atoms with Crippen LogP contribution in [0.5, 0.6) is 5.75 Å². The van der Waals surface area contributed by atoms with E-state index < -0.39 is 11.6 Å². The highest BCUT2D eigenvalue weighted by atomic mass is 16.5. The van der Waals surface area contributed by atoms with Gasteiger partial charge in [0, 0.05) is 0 Å². The van der Waals surface area contributed by atoms with Crippen LogP contribution in [0.2, 0.25) is 0 Å². The van der Waals surface area contributed by atoms with Crippen LogP contribution in [-0.2, 0) is 0 Å². The maximum Gasteiger partial charge on any atom is 0.335 e. The molecule has 2 N–H and O–H groups in total. The molecule has 0 amide bonds. The first-order chi connectivity index (χ1) is 7.88. The highest BCUT2D eigenvalue weighted by Gasteiger charge is 2.05. The number of carbonyl (C=O) groups is 1. The molecule has 0 aliphatic carbocycles. The predicted octanol–water partition coefficient (Wildman–Crippen LogP) is 1.54. The molecule has 0 saturated carbocycles. The molecule has 0 fully saturated rings. The average molecular weight is 234 g/mol. The quantitative estimate of drug-likeness (QED) is 0.778. The van der Waals surface area contributed by atoms with E-state index in [1.807, 2.05) is 0 Å². The van der Waals surface area contributed by atoms with Gasteiger partial charge in [0.05, 0.1) is 5.56 Å². The Morgan fingerprint density at radius 1 is 1.35 bits per heavy atom. The molecule has 0 spiro atoms. The minimum atomic E-state index is -1.03. The van der Waals surface area contributed by atoms with Crippen LogP contribution in [0.3, 0.4) is 0 Å².